The Morgan fingerprint density at radius 2 is 2.00 bits per heavy atom. The molecule has 0 atom stereocenters. The zero-order valence-electron chi connectivity index (χ0n) is 14.8. The third-order valence-corrected chi connectivity index (χ3v) is 4.30. The molecule has 1 aromatic carbocycles. The van der Waals surface area contributed by atoms with E-state index in [9.17, 15) is 0 Å². The maximum Gasteiger partial charge on any atom is 0.191 e. The number of hydrogen-bond acceptors (Lipinski definition) is 3. The van der Waals surface area contributed by atoms with Crippen molar-refractivity contribution in [3.8, 4) is 0 Å². The van der Waals surface area contributed by atoms with Crippen LogP contribution in [0.1, 0.15) is 30.9 Å². The van der Waals surface area contributed by atoms with Crippen LogP contribution in [0, 0.1) is 6.92 Å². The number of nitrogens with zero attached hydrogens (tertiary/aromatic N) is 2. The number of hydrogen-bond donors (Lipinski definition) is 3. The van der Waals surface area contributed by atoms with Crippen molar-refractivity contribution >= 4 is 29.9 Å². The van der Waals surface area contributed by atoms with Crippen molar-refractivity contribution in [2.45, 2.75) is 39.3 Å². The van der Waals surface area contributed by atoms with Crippen LogP contribution in [0.2, 0.25) is 0 Å². The van der Waals surface area contributed by atoms with E-state index < -0.39 is 0 Å². The van der Waals surface area contributed by atoms with E-state index in [0.29, 0.717) is 12.6 Å². The van der Waals surface area contributed by atoms with Gasteiger partial charge in [0.2, 0.25) is 0 Å². The molecule has 3 N–H and O–H groups in total. The van der Waals surface area contributed by atoms with Crippen molar-refractivity contribution in [1.82, 2.24) is 15.5 Å². The number of likely N-dealkylation sites (tertiary alicyclic amines) is 1. The highest BCUT2D eigenvalue weighted by Gasteiger charge is 2.20. The molecule has 0 radical (unpaired) electrons. The lowest BCUT2D eigenvalue weighted by molar-refractivity contribution is 0.198. The quantitative estimate of drug-likeness (QED) is 0.356. The lowest BCUT2D eigenvalue weighted by atomic mass is 10.0. The second-order valence-electron chi connectivity index (χ2n) is 6.11. The van der Waals surface area contributed by atoms with Crippen LogP contribution in [0.4, 0.5) is 0 Å². The van der Waals surface area contributed by atoms with Crippen molar-refractivity contribution in [3.63, 3.8) is 0 Å². The molecule has 0 aromatic heterocycles. The summed E-state index contributed by atoms with van der Waals surface area (Å²) in [6, 6.07) is 9.09. The van der Waals surface area contributed by atoms with E-state index in [0.717, 1.165) is 45.0 Å². The molecule has 136 valence electrons. The number of guanidine groups is 1. The highest BCUT2D eigenvalue weighted by molar-refractivity contribution is 14.0. The third kappa shape index (κ3) is 6.94. The fourth-order valence-corrected chi connectivity index (χ4v) is 2.94. The Morgan fingerprint density at radius 3 is 2.62 bits per heavy atom. The highest BCUT2D eigenvalue weighted by Crippen LogP contribution is 2.16. The molecule has 1 saturated heterocycles. The van der Waals surface area contributed by atoms with Gasteiger partial charge in [-0.25, -0.2) is 0 Å². The minimum absolute atomic E-state index is 0. The minimum atomic E-state index is 0. The Morgan fingerprint density at radius 1 is 1.29 bits per heavy atom. The first-order valence-corrected chi connectivity index (χ1v) is 8.65. The molecule has 5 nitrogen and oxygen atoms in total. The first-order valence-electron chi connectivity index (χ1n) is 8.65. The Hall–Kier alpha value is -0.860. The van der Waals surface area contributed by atoms with E-state index in [-0.39, 0.29) is 30.6 Å². The summed E-state index contributed by atoms with van der Waals surface area (Å²) < 4.78 is 0. The number of aliphatic hydroxyl groups is 1. The topological polar surface area (TPSA) is 59.9 Å². The standard InChI is InChI=1S/C18H30N4O.HI/c1-3-19-18(20-10-13-23)21-17-8-11-22(12-9-17)14-16-7-5-4-6-15(16)2;/h4-7,17,23H,3,8-14H2,1-2H3,(H2,19,20,21);1H. The number of rotatable bonds is 6. The zero-order valence-corrected chi connectivity index (χ0v) is 17.1. The van der Waals surface area contributed by atoms with Gasteiger partial charge in [0.15, 0.2) is 5.96 Å². The first-order chi connectivity index (χ1) is 11.2. The molecule has 0 aliphatic carbocycles. The molecule has 0 amide bonds. The molecule has 1 aromatic rings. The van der Waals surface area contributed by atoms with Gasteiger partial charge in [-0.2, -0.15) is 0 Å². The summed E-state index contributed by atoms with van der Waals surface area (Å²) in [5.41, 5.74) is 2.80. The maximum absolute atomic E-state index is 8.92. The van der Waals surface area contributed by atoms with E-state index in [2.05, 4.69) is 58.6 Å². The van der Waals surface area contributed by atoms with Gasteiger partial charge in [0, 0.05) is 32.2 Å². The van der Waals surface area contributed by atoms with Crippen molar-refractivity contribution < 1.29 is 5.11 Å². The van der Waals surface area contributed by atoms with Crippen LogP contribution in [0.25, 0.3) is 0 Å². The number of nitrogens with one attached hydrogen (secondary N) is 2. The number of aliphatic hydroxyl groups excluding tert-OH is 1. The predicted molar refractivity (Wildman–Crippen MR) is 111 cm³/mol. The lowest BCUT2D eigenvalue weighted by Gasteiger charge is -2.33. The van der Waals surface area contributed by atoms with E-state index in [1.54, 1.807) is 0 Å². The molecular weight excluding hydrogens is 415 g/mol. The van der Waals surface area contributed by atoms with E-state index in [1.165, 1.54) is 11.1 Å². The predicted octanol–water partition coefficient (Wildman–Crippen LogP) is 2.12. The first kappa shape index (κ1) is 21.2. The average Bonchev–Trinajstić information content (AvgIpc) is 2.56. The Balaban J connectivity index is 0.00000288. The second-order valence-corrected chi connectivity index (χ2v) is 6.11. The van der Waals surface area contributed by atoms with Gasteiger partial charge in [0.1, 0.15) is 0 Å². The summed E-state index contributed by atoms with van der Waals surface area (Å²) in [6.45, 7) is 8.86. The Labute approximate surface area is 162 Å². The van der Waals surface area contributed by atoms with Crippen molar-refractivity contribution in [2.75, 3.05) is 32.8 Å². The minimum Gasteiger partial charge on any atom is -0.394 e. The summed E-state index contributed by atoms with van der Waals surface area (Å²) in [6.07, 6.45) is 2.24. The average molecular weight is 446 g/mol. The van der Waals surface area contributed by atoms with Gasteiger partial charge in [-0.3, -0.25) is 9.89 Å². The smallest absolute Gasteiger partial charge is 0.191 e. The van der Waals surface area contributed by atoms with Crippen molar-refractivity contribution in [3.05, 3.63) is 35.4 Å². The van der Waals surface area contributed by atoms with Gasteiger partial charge in [-0.05, 0) is 37.8 Å². The van der Waals surface area contributed by atoms with Gasteiger partial charge in [0.05, 0.1) is 13.2 Å². The normalized spacial score (nSPS) is 16.5. The number of halogens is 1. The molecule has 1 aliphatic rings. The summed E-state index contributed by atoms with van der Waals surface area (Å²) in [4.78, 5) is 6.88. The van der Waals surface area contributed by atoms with Crippen LogP contribution in [-0.4, -0.2) is 54.8 Å². The number of aryl methyl sites for hydroxylation is 1. The summed E-state index contributed by atoms with van der Waals surface area (Å²) in [5, 5.41) is 15.6. The van der Waals surface area contributed by atoms with Crippen LogP contribution >= 0.6 is 24.0 Å². The molecule has 24 heavy (non-hydrogen) atoms. The van der Waals surface area contributed by atoms with Crippen molar-refractivity contribution in [1.29, 1.82) is 0 Å². The second kappa shape index (κ2) is 11.7. The summed E-state index contributed by atoms with van der Waals surface area (Å²) in [7, 11) is 0. The summed E-state index contributed by atoms with van der Waals surface area (Å²) >= 11 is 0. The van der Waals surface area contributed by atoms with Gasteiger partial charge in [0.25, 0.3) is 0 Å². The molecular formula is C18H31IN4O. The number of benzene rings is 1. The van der Waals surface area contributed by atoms with Gasteiger partial charge < -0.3 is 15.7 Å². The zero-order chi connectivity index (χ0) is 16.5. The molecule has 1 aliphatic heterocycles. The van der Waals surface area contributed by atoms with Gasteiger partial charge >= 0.3 is 0 Å². The molecule has 6 heteroatoms. The highest BCUT2D eigenvalue weighted by atomic mass is 127. The van der Waals surface area contributed by atoms with Crippen LogP contribution in [0.3, 0.4) is 0 Å². The Kier molecular flexibility index (Phi) is 10.3. The van der Waals surface area contributed by atoms with E-state index in [1.807, 2.05) is 0 Å². The van der Waals surface area contributed by atoms with E-state index in [4.69, 9.17) is 5.11 Å². The number of piperidine rings is 1. The van der Waals surface area contributed by atoms with Gasteiger partial charge in [-0.1, -0.05) is 24.3 Å². The fraction of sp³-hybridized carbons (Fsp3) is 0.611. The monoisotopic (exact) mass is 446 g/mol. The molecule has 0 bridgehead atoms. The van der Waals surface area contributed by atoms with Crippen LogP contribution in [0.5, 0.6) is 0 Å². The van der Waals surface area contributed by atoms with Gasteiger partial charge in [-0.15, -0.1) is 24.0 Å². The van der Waals surface area contributed by atoms with Crippen LogP contribution in [-0.2, 0) is 6.54 Å². The molecule has 0 unspecified atom stereocenters. The summed E-state index contributed by atoms with van der Waals surface area (Å²) in [5.74, 6) is 0.818. The third-order valence-electron chi connectivity index (χ3n) is 4.30. The molecule has 0 saturated carbocycles. The molecule has 1 fully saturated rings. The van der Waals surface area contributed by atoms with Crippen molar-refractivity contribution in [2.24, 2.45) is 4.99 Å². The maximum atomic E-state index is 8.92. The molecule has 0 spiro atoms. The lowest BCUT2D eigenvalue weighted by Crippen LogP contribution is -2.48. The Bertz CT molecular complexity index is 502. The molecule has 2 rings (SSSR count). The van der Waals surface area contributed by atoms with Crippen LogP contribution in [0.15, 0.2) is 29.3 Å². The fourth-order valence-electron chi connectivity index (χ4n) is 2.94. The van der Waals surface area contributed by atoms with E-state index >= 15 is 0 Å². The number of aliphatic imine (C=N–C) groups is 1. The molecule has 1 heterocycles. The largest absolute Gasteiger partial charge is 0.394 e. The SMILES string of the molecule is CCNC(=NCCO)NC1CCN(Cc2ccccc2C)CC1.I. The van der Waals surface area contributed by atoms with Crippen LogP contribution < -0.4 is 10.6 Å².